The molecule has 0 aromatic carbocycles. The summed E-state index contributed by atoms with van der Waals surface area (Å²) in [5, 5.41) is 4.13. The molecular weight excluding hydrogens is 144 g/mol. The third-order valence-electron chi connectivity index (χ3n) is 1.24. The van der Waals surface area contributed by atoms with Gasteiger partial charge in [-0.1, -0.05) is 0 Å². The Morgan fingerprint density at radius 3 is 3.00 bits per heavy atom. The van der Waals surface area contributed by atoms with Gasteiger partial charge in [0.25, 0.3) is 0 Å². The zero-order valence-corrected chi connectivity index (χ0v) is 6.01. The molecule has 1 aliphatic heterocycles. The van der Waals surface area contributed by atoms with E-state index in [2.05, 4.69) is 9.69 Å². The van der Waals surface area contributed by atoms with Crippen LogP contribution in [0.4, 0.5) is 0 Å². The number of rotatable bonds is 1. The van der Waals surface area contributed by atoms with Gasteiger partial charge in [0.2, 0.25) is 0 Å². The first kappa shape index (κ1) is 5.68. The Morgan fingerprint density at radius 2 is 2.40 bits per heavy atom. The normalized spacial score (nSPS) is 15.0. The molecule has 0 unspecified atom stereocenters. The van der Waals surface area contributed by atoms with Crippen molar-refractivity contribution in [1.29, 1.82) is 0 Å². The summed E-state index contributed by atoms with van der Waals surface area (Å²) in [6, 6.07) is 1.97. The molecule has 10 heavy (non-hydrogen) atoms. The quantitative estimate of drug-likeness (QED) is 0.596. The van der Waals surface area contributed by atoms with Crippen LogP contribution in [0.15, 0.2) is 30.6 Å². The first-order valence-corrected chi connectivity index (χ1v) is 3.73. The van der Waals surface area contributed by atoms with E-state index >= 15 is 0 Å². The third kappa shape index (κ3) is 0.844. The van der Waals surface area contributed by atoms with Crippen molar-refractivity contribution in [1.82, 2.24) is 9.69 Å². The van der Waals surface area contributed by atoms with Gasteiger partial charge >= 0.3 is 0 Å². The van der Waals surface area contributed by atoms with Gasteiger partial charge in [0.15, 0.2) is 0 Å². The van der Waals surface area contributed by atoms with Crippen LogP contribution < -0.4 is 5.32 Å². The van der Waals surface area contributed by atoms with E-state index in [1.165, 1.54) is 11.5 Å². The van der Waals surface area contributed by atoms with Crippen LogP contribution in [0.2, 0.25) is 0 Å². The predicted molar refractivity (Wildman–Crippen MR) is 41.4 cm³/mol. The fraction of sp³-hybridized carbons (Fsp3) is 0. The van der Waals surface area contributed by atoms with E-state index in [9.17, 15) is 0 Å². The maximum Gasteiger partial charge on any atom is 0.0818 e. The maximum atomic E-state index is 4.13. The number of hydrogen-bond donors (Lipinski definition) is 0. The standard InChI is InChI=1S/C7H5N2S/c1-2-6(8-4-1)7-3-5-9-10-7/h1-5H. The number of nitrogens with zero attached hydrogens (tertiary/aromatic N) is 2. The lowest BCUT2D eigenvalue weighted by atomic mass is 10.3. The van der Waals surface area contributed by atoms with Crippen LogP contribution in [0, 0.1) is 0 Å². The van der Waals surface area contributed by atoms with Crippen molar-refractivity contribution in [3.63, 3.8) is 0 Å². The third-order valence-corrected chi connectivity index (χ3v) is 2.01. The zero-order valence-electron chi connectivity index (χ0n) is 5.19. The minimum Gasteiger partial charge on any atom is -0.255 e. The molecule has 2 heterocycles. The van der Waals surface area contributed by atoms with E-state index < -0.39 is 0 Å². The Hall–Kier alpha value is -1.09. The van der Waals surface area contributed by atoms with E-state index in [4.69, 9.17) is 0 Å². The van der Waals surface area contributed by atoms with Gasteiger partial charge in [0.05, 0.1) is 10.6 Å². The molecule has 1 radical (unpaired) electrons. The van der Waals surface area contributed by atoms with Crippen LogP contribution in [0.5, 0.6) is 0 Å². The highest BCUT2D eigenvalue weighted by molar-refractivity contribution is 7.06. The average molecular weight is 149 g/mol. The zero-order chi connectivity index (χ0) is 6.81. The summed E-state index contributed by atoms with van der Waals surface area (Å²) < 4.78 is 3.98. The number of allylic oxidation sites excluding steroid dienone is 2. The van der Waals surface area contributed by atoms with Gasteiger partial charge in [-0.15, -0.1) is 0 Å². The van der Waals surface area contributed by atoms with Crippen LogP contribution in [0.1, 0.15) is 4.88 Å². The molecule has 0 fully saturated rings. The van der Waals surface area contributed by atoms with Crippen LogP contribution in [0.25, 0.3) is 5.70 Å². The van der Waals surface area contributed by atoms with Crippen molar-refractivity contribution >= 4 is 17.2 Å². The van der Waals surface area contributed by atoms with E-state index in [1.807, 2.05) is 18.2 Å². The Labute approximate surface area is 63.1 Å². The van der Waals surface area contributed by atoms with Crippen molar-refractivity contribution in [2.75, 3.05) is 0 Å². The highest BCUT2D eigenvalue weighted by Gasteiger charge is 2.04. The lowest BCUT2D eigenvalue weighted by molar-refractivity contribution is 1.24. The minimum atomic E-state index is 1.02. The molecule has 1 aromatic rings. The van der Waals surface area contributed by atoms with Crippen LogP contribution in [-0.4, -0.2) is 4.37 Å². The topological polar surface area (TPSA) is 27.0 Å². The molecule has 0 N–H and O–H groups in total. The molecule has 2 nitrogen and oxygen atoms in total. The van der Waals surface area contributed by atoms with Crippen molar-refractivity contribution in [2.24, 2.45) is 0 Å². The molecule has 49 valence electrons. The fourth-order valence-electron chi connectivity index (χ4n) is 0.794. The highest BCUT2D eigenvalue weighted by Crippen LogP contribution is 2.18. The predicted octanol–water partition coefficient (Wildman–Crippen LogP) is 1.62. The first-order valence-electron chi connectivity index (χ1n) is 2.95. The van der Waals surface area contributed by atoms with Crippen LogP contribution >= 0.6 is 11.5 Å². The van der Waals surface area contributed by atoms with Gasteiger partial charge in [-0.25, -0.2) is 4.37 Å². The molecule has 0 saturated carbocycles. The monoisotopic (exact) mass is 149 g/mol. The first-order chi connectivity index (χ1) is 4.97. The van der Waals surface area contributed by atoms with Gasteiger partial charge in [0, 0.05) is 12.4 Å². The Bertz CT molecular complexity index is 272. The molecule has 0 aliphatic carbocycles. The van der Waals surface area contributed by atoms with E-state index in [-0.39, 0.29) is 0 Å². The van der Waals surface area contributed by atoms with E-state index in [1.54, 1.807) is 12.4 Å². The maximum absolute atomic E-state index is 4.13. The molecule has 0 saturated heterocycles. The van der Waals surface area contributed by atoms with Gasteiger partial charge in [-0.2, -0.15) is 0 Å². The SMILES string of the molecule is C1=C[N]C(c2ccns2)=C1. The Balaban J connectivity index is 2.30. The summed E-state index contributed by atoms with van der Waals surface area (Å²) in [6.07, 6.45) is 7.48. The molecule has 3 heteroatoms. The van der Waals surface area contributed by atoms with Gasteiger partial charge in [0.1, 0.15) is 0 Å². The van der Waals surface area contributed by atoms with Gasteiger partial charge < -0.3 is 0 Å². The summed E-state index contributed by atoms with van der Waals surface area (Å²) in [6.45, 7) is 0. The molecule has 2 rings (SSSR count). The van der Waals surface area contributed by atoms with Gasteiger partial charge in [-0.05, 0) is 29.8 Å². The second kappa shape index (κ2) is 2.27. The molecule has 0 spiro atoms. The van der Waals surface area contributed by atoms with Crippen molar-refractivity contribution in [2.45, 2.75) is 0 Å². The van der Waals surface area contributed by atoms with E-state index in [0.29, 0.717) is 0 Å². The number of aromatic nitrogens is 1. The smallest absolute Gasteiger partial charge is 0.0818 e. The van der Waals surface area contributed by atoms with Crippen molar-refractivity contribution in [3.8, 4) is 0 Å². The molecule has 0 bridgehead atoms. The summed E-state index contributed by atoms with van der Waals surface area (Å²) in [7, 11) is 0. The molecular formula is C7H5N2S. The molecule has 0 amide bonds. The second-order valence-corrected chi connectivity index (χ2v) is 2.73. The largest absolute Gasteiger partial charge is 0.255 e. The second-order valence-electron chi connectivity index (χ2n) is 1.90. The van der Waals surface area contributed by atoms with Crippen molar-refractivity contribution < 1.29 is 0 Å². The average Bonchev–Trinajstić information content (AvgIpc) is 2.59. The summed E-state index contributed by atoms with van der Waals surface area (Å²) >= 11 is 1.47. The Morgan fingerprint density at radius 1 is 1.40 bits per heavy atom. The lowest BCUT2D eigenvalue weighted by Crippen LogP contribution is -1.86. The minimum absolute atomic E-state index is 1.02. The van der Waals surface area contributed by atoms with E-state index in [0.717, 1.165) is 10.6 Å². The summed E-state index contributed by atoms with van der Waals surface area (Å²) in [4.78, 5) is 1.13. The molecule has 0 atom stereocenters. The summed E-state index contributed by atoms with van der Waals surface area (Å²) in [5.41, 5.74) is 1.02. The highest BCUT2D eigenvalue weighted by atomic mass is 32.1. The van der Waals surface area contributed by atoms with Crippen molar-refractivity contribution in [3.05, 3.63) is 35.5 Å². The molecule has 1 aliphatic rings. The van der Waals surface area contributed by atoms with Gasteiger partial charge in [-0.3, -0.25) is 5.32 Å². The fourth-order valence-corrected chi connectivity index (χ4v) is 1.37. The van der Waals surface area contributed by atoms with Crippen LogP contribution in [-0.2, 0) is 0 Å². The Kier molecular flexibility index (Phi) is 1.29. The lowest BCUT2D eigenvalue weighted by Gasteiger charge is -1.91. The molecule has 1 aromatic heterocycles. The summed E-state index contributed by atoms with van der Waals surface area (Å²) in [5.74, 6) is 0. The number of hydrogen-bond acceptors (Lipinski definition) is 2. The van der Waals surface area contributed by atoms with Crippen LogP contribution in [0.3, 0.4) is 0 Å².